The van der Waals surface area contributed by atoms with Gasteiger partial charge in [0, 0.05) is 18.4 Å². The third-order valence-electron chi connectivity index (χ3n) is 3.99. The Morgan fingerprint density at radius 2 is 1.96 bits per heavy atom. The van der Waals surface area contributed by atoms with Crippen LogP contribution in [-0.2, 0) is 17.8 Å². The molecule has 2 N–H and O–H groups in total. The zero-order valence-electron chi connectivity index (χ0n) is 14.9. The lowest BCUT2D eigenvalue weighted by atomic mass is 10.1. The summed E-state index contributed by atoms with van der Waals surface area (Å²) in [7, 11) is 0. The maximum atomic E-state index is 12.4. The summed E-state index contributed by atoms with van der Waals surface area (Å²) >= 11 is 1.31. The summed E-state index contributed by atoms with van der Waals surface area (Å²) in [5, 5.41) is 8.95. The van der Waals surface area contributed by atoms with Crippen LogP contribution >= 0.6 is 11.8 Å². The molecule has 0 saturated heterocycles. The van der Waals surface area contributed by atoms with Crippen LogP contribution in [0.1, 0.15) is 33.9 Å². The minimum atomic E-state index is -0.397. The van der Waals surface area contributed by atoms with Gasteiger partial charge in [-0.2, -0.15) is 0 Å². The Morgan fingerprint density at radius 1 is 1.19 bits per heavy atom. The summed E-state index contributed by atoms with van der Waals surface area (Å²) in [6.07, 6.45) is 2.16. The lowest BCUT2D eigenvalue weighted by molar-refractivity contribution is -0.118. The van der Waals surface area contributed by atoms with E-state index in [0.717, 1.165) is 11.3 Å². The number of furan rings is 1. The topological polar surface area (TPSA) is 104 Å². The van der Waals surface area contributed by atoms with Crippen LogP contribution in [0.5, 0.6) is 0 Å². The zero-order chi connectivity index (χ0) is 19.2. The first-order valence-electron chi connectivity index (χ1n) is 8.48. The molecule has 0 unspecified atom stereocenters. The number of ketones is 1. The standard InChI is InChI=1S/C19H20N4O3S/c1-13-4-6-14(7-5-13)16(24)12-27-19-22-21-18(9-8-17(20)25)23(19)11-15-3-2-10-26-15/h2-7,10H,8-9,11-12H2,1H3,(H2,20,25). The number of rotatable bonds is 9. The van der Waals surface area contributed by atoms with Gasteiger partial charge in [-0.3, -0.25) is 14.2 Å². The van der Waals surface area contributed by atoms with E-state index in [1.807, 2.05) is 41.8 Å². The molecule has 0 aliphatic heterocycles. The fourth-order valence-electron chi connectivity index (χ4n) is 2.52. The first-order chi connectivity index (χ1) is 13.0. The van der Waals surface area contributed by atoms with Gasteiger partial charge in [-0.05, 0) is 19.1 Å². The Kier molecular flexibility index (Phi) is 6.08. The van der Waals surface area contributed by atoms with Crippen LogP contribution < -0.4 is 5.73 Å². The Balaban J connectivity index is 1.74. The van der Waals surface area contributed by atoms with Crippen molar-refractivity contribution in [2.24, 2.45) is 5.73 Å². The average Bonchev–Trinajstić information content (AvgIpc) is 3.29. The molecule has 7 nitrogen and oxygen atoms in total. The van der Waals surface area contributed by atoms with E-state index in [2.05, 4.69) is 10.2 Å². The Bertz CT molecular complexity index is 917. The Labute approximate surface area is 161 Å². The first-order valence-corrected chi connectivity index (χ1v) is 9.47. The van der Waals surface area contributed by atoms with E-state index in [1.165, 1.54) is 11.8 Å². The van der Waals surface area contributed by atoms with Crippen molar-refractivity contribution in [3.63, 3.8) is 0 Å². The molecule has 8 heteroatoms. The number of benzene rings is 1. The van der Waals surface area contributed by atoms with E-state index in [4.69, 9.17) is 10.2 Å². The fraction of sp³-hybridized carbons (Fsp3) is 0.263. The number of hydrogen-bond acceptors (Lipinski definition) is 6. The molecule has 0 saturated carbocycles. The minimum Gasteiger partial charge on any atom is -0.467 e. The summed E-state index contributed by atoms with van der Waals surface area (Å²) in [5.41, 5.74) is 7.02. The quantitative estimate of drug-likeness (QED) is 0.449. The van der Waals surface area contributed by atoms with E-state index in [0.29, 0.717) is 29.5 Å². The van der Waals surface area contributed by atoms with Crippen LogP contribution in [-0.4, -0.2) is 32.2 Å². The van der Waals surface area contributed by atoms with Crippen LogP contribution in [0.3, 0.4) is 0 Å². The number of amides is 1. The summed E-state index contributed by atoms with van der Waals surface area (Å²) in [6.45, 7) is 2.41. The van der Waals surface area contributed by atoms with Crippen LogP contribution in [0.25, 0.3) is 0 Å². The van der Waals surface area contributed by atoms with Gasteiger partial charge in [-0.25, -0.2) is 0 Å². The summed E-state index contributed by atoms with van der Waals surface area (Å²) in [6, 6.07) is 11.1. The van der Waals surface area contributed by atoms with E-state index < -0.39 is 5.91 Å². The second-order valence-corrected chi connectivity index (χ2v) is 7.05. The third-order valence-corrected chi connectivity index (χ3v) is 4.96. The highest BCUT2D eigenvalue weighted by molar-refractivity contribution is 7.99. The number of thioether (sulfide) groups is 1. The highest BCUT2D eigenvalue weighted by Gasteiger charge is 2.16. The van der Waals surface area contributed by atoms with Gasteiger partial charge in [0.05, 0.1) is 18.6 Å². The van der Waals surface area contributed by atoms with Crippen LogP contribution in [0.4, 0.5) is 0 Å². The number of hydrogen-bond donors (Lipinski definition) is 1. The van der Waals surface area contributed by atoms with Crippen molar-refractivity contribution in [2.75, 3.05) is 5.75 Å². The van der Waals surface area contributed by atoms with Crippen molar-refractivity contribution in [3.8, 4) is 0 Å². The molecule has 0 fully saturated rings. The molecular formula is C19H20N4O3S. The summed E-state index contributed by atoms with van der Waals surface area (Å²) in [4.78, 5) is 23.5. The van der Waals surface area contributed by atoms with Gasteiger partial charge in [0.25, 0.3) is 0 Å². The summed E-state index contributed by atoms with van der Waals surface area (Å²) in [5.74, 6) is 1.24. The number of Topliss-reactive ketones (excluding diaryl/α,β-unsaturated/α-hetero) is 1. The second-order valence-electron chi connectivity index (χ2n) is 6.11. The average molecular weight is 384 g/mol. The first kappa shape index (κ1) is 18.9. The van der Waals surface area contributed by atoms with Crippen molar-refractivity contribution < 1.29 is 14.0 Å². The highest BCUT2D eigenvalue weighted by Crippen LogP contribution is 2.21. The van der Waals surface area contributed by atoms with Gasteiger partial charge < -0.3 is 10.2 Å². The molecule has 140 valence electrons. The molecule has 1 aromatic carbocycles. The Hall–Kier alpha value is -2.87. The molecule has 0 aliphatic carbocycles. The normalized spacial score (nSPS) is 10.9. The summed E-state index contributed by atoms with van der Waals surface area (Å²) < 4.78 is 7.26. The number of aromatic nitrogens is 3. The van der Waals surface area contributed by atoms with Crippen molar-refractivity contribution in [2.45, 2.75) is 31.5 Å². The number of carbonyl (C=O) groups excluding carboxylic acids is 2. The van der Waals surface area contributed by atoms with Gasteiger partial charge in [0.2, 0.25) is 5.91 Å². The van der Waals surface area contributed by atoms with Crippen molar-refractivity contribution >= 4 is 23.5 Å². The predicted molar refractivity (Wildman–Crippen MR) is 102 cm³/mol. The molecule has 0 bridgehead atoms. The fourth-order valence-corrected chi connectivity index (χ4v) is 3.37. The van der Waals surface area contributed by atoms with Crippen LogP contribution in [0.2, 0.25) is 0 Å². The molecule has 3 rings (SSSR count). The van der Waals surface area contributed by atoms with E-state index in [9.17, 15) is 9.59 Å². The number of primary amides is 1. The molecule has 2 aromatic heterocycles. The predicted octanol–water partition coefficient (Wildman–Crippen LogP) is 2.62. The minimum absolute atomic E-state index is 0.0197. The molecule has 3 aromatic rings. The van der Waals surface area contributed by atoms with Crippen molar-refractivity contribution in [1.29, 1.82) is 0 Å². The zero-order valence-corrected chi connectivity index (χ0v) is 15.7. The molecule has 2 heterocycles. The molecule has 1 amide bonds. The number of aryl methyl sites for hydroxylation is 2. The van der Waals surface area contributed by atoms with E-state index in [1.54, 1.807) is 12.3 Å². The van der Waals surface area contributed by atoms with Gasteiger partial charge in [-0.15, -0.1) is 10.2 Å². The molecule has 0 spiro atoms. The van der Waals surface area contributed by atoms with Crippen molar-refractivity contribution in [3.05, 3.63) is 65.4 Å². The molecular weight excluding hydrogens is 364 g/mol. The van der Waals surface area contributed by atoms with Gasteiger partial charge >= 0.3 is 0 Å². The monoisotopic (exact) mass is 384 g/mol. The SMILES string of the molecule is Cc1ccc(C(=O)CSc2nnc(CCC(N)=O)n2Cc2ccco2)cc1. The van der Waals surface area contributed by atoms with E-state index >= 15 is 0 Å². The molecule has 0 atom stereocenters. The van der Waals surface area contributed by atoms with Crippen LogP contribution in [0, 0.1) is 6.92 Å². The largest absolute Gasteiger partial charge is 0.467 e. The maximum Gasteiger partial charge on any atom is 0.217 e. The molecule has 27 heavy (non-hydrogen) atoms. The van der Waals surface area contributed by atoms with Gasteiger partial charge in [0.1, 0.15) is 11.6 Å². The molecule has 0 radical (unpaired) electrons. The van der Waals surface area contributed by atoms with Gasteiger partial charge in [0.15, 0.2) is 10.9 Å². The number of nitrogens with zero attached hydrogens (tertiary/aromatic N) is 3. The van der Waals surface area contributed by atoms with Crippen molar-refractivity contribution in [1.82, 2.24) is 14.8 Å². The number of carbonyl (C=O) groups is 2. The highest BCUT2D eigenvalue weighted by atomic mass is 32.2. The number of nitrogens with two attached hydrogens (primary N) is 1. The van der Waals surface area contributed by atoms with Gasteiger partial charge in [-0.1, -0.05) is 41.6 Å². The van der Waals surface area contributed by atoms with Crippen LogP contribution in [0.15, 0.2) is 52.2 Å². The second kappa shape index (κ2) is 8.68. The molecule has 0 aliphatic rings. The van der Waals surface area contributed by atoms with E-state index in [-0.39, 0.29) is 18.0 Å². The maximum absolute atomic E-state index is 12.4. The third kappa shape index (κ3) is 5.07. The smallest absolute Gasteiger partial charge is 0.217 e. The lowest BCUT2D eigenvalue weighted by Gasteiger charge is -2.08. The lowest BCUT2D eigenvalue weighted by Crippen LogP contribution is -2.14. The Morgan fingerprint density at radius 3 is 2.63 bits per heavy atom.